The first kappa shape index (κ1) is 23.6. The number of rotatable bonds is 5. The van der Waals surface area contributed by atoms with E-state index >= 15 is 0 Å². The number of carbonyl (C=O) groups excluding carboxylic acids is 1. The van der Waals surface area contributed by atoms with E-state index in [4.69, 9.17) is 0 Å². The van der Waals surface area contributed by atoms with Gasteiger partial charge >= 0.3 is 6.18 Å². The van der Waals surface area contributed by atoms with Crippen molar-refractivity contribution in [3.8, 4) is 17.6 Å². The van der Waals surface area contributed by atoms with Gasteiger partial charge in [-0.15, -0.1) is 10.2 Å². The SMILES string of the molecule is CCS(=O)(=O)c1cc(N(C)C(=O)C2(C#N)CC2)cnc1-c1nc2cc(C(F)(F)F)nnc2n1C. The second kappa shape index (κ2) is 7.73. The molecule has 1 fully saturated rings. The zero-order valence-electron chi connectivity index (χ0n) is 18.3. The predicted octanol–water partition coefficient (Wildman–Crippen LogP) is 2.50. The minimum Gasteiger partial charge on any atom is -0.313 e. The molecule has 0 spiro atoms. The van der Waals surface area contributed by atoms with E-state index in [9.17, 15) is 31.6 Å². The molecule has 0 bridgehead atoms. The van der Waals surface area contributed by atoms with Gasteiger partial charge in [0.05, 0.1) is 28.6 Å². The first-order valence-electron chi connectivity index (χ1n) is 10.0. The van der Waals surface area contributed by atoms with E-state index in [0.717, 1.165) is 6.07 Å². The molecule has 14 heteroatoms. The van der Waals surface area contributed by atoms with Crippen molar-refractivity contribution in [2.75, 3.05) is 17.7 Å². The van der Waals surface area contributed by atoms with Crippen molar-refractivity contribution in [3.05, 3.63) is 24.0 Å². The molecule has 1 aliphatic carbocycles. The van der Waals surface area contributed by atoms with E-state index in [0.29, 0.717) is 12.8 Å². The number of hydrogen-bond donors (Lipinski definition) is 0. The summed E-state index contributed by atoms with van der Waals surface area (Å²) >= 11 is 0. The summed E-state index contributed by atoms with van der Waals surface area (Å²) < 4.78 is 66.2. The number of hydrogen-bond acceptors (Lipinski definition) is 8. The second-order valence-electron chi connectivity index (χ2n) is 7.93. The van der Waals surface area contributed by atoms with Crippen molar-refractivity contribution in [2.45, 2.75) is 30.8 Å². The first-order valence-corrected chi connectivity index (χ1v) is 11.7. The minimum absolute atomic E-state index is 0.00529. The maximum absolute atomic E-state index is 13.0. The van der Waals surface area contributed by atoms with Crippen LogP contribution in [0.25, 0.3) is 22.7 Å². The Labute approximate surface area is 192 Å². The fraction of sp³-hybridized carbons (Fsp3) is 0.400. The number of amides is 1. The maximum Gasteiger partial charge on any atom is 0.435 e. The van der Waals surface area contributed by atoms with Crippen LogP contribution < -0.4 is 4.90 Å². The van der Waals surface area contributed by atoms with E-state index in [2.05, 4.69) is 20.2 Å². The molecule has 1 aliphatic rings. The molecule has 0 saturated heterocycles. The van der Waals surface area contributed by atoms with E-state index in [1.807, 2.05) is 6.07 Å². The Morgan fingerprint density at radius 1 is 1.29 bits per heavy atom. The first-order chi connectivity index (χ1) is 15.8. The molecule has 0 unspecified atom stereocenters. The zero-order valence-corrected chi connectivity index (χ0v) is 19.1. The fourth-order valence-corrected chi connectivity index (χ4v) is 4.50. The van der Waals surface area contributed by atoms with E-state index in [-0.39, 0.29) is 39.0 Å². The number of alkyl halides is 3. The molecule has 0 aliphatic heterocycles. The van der Waals surface area contributed by atoms with Gasteiger partial charge in [0, 0.05) is 20.2 Å². The molecule has 3 aromatic heterocycles. The lowest BCUT2D eigenvalue weighted by molar-refractivity contribution is -0.141. The summed E-state index contributed by atoms with van der Waals surface area (Å²) in [7, 11) is -1.04. The molecule has 34 heavy (non-hydrogen) atoms. The smallest absolute Gasteiger partial charge is 0.313 e. The van der Waals surface area contributed by atoms with E-state index < -0.39 is 33.0 Å². The number of pyridine rings is 1. The third-order valence-electron chi connectivity index (χ3n) is 5.74. The van der Waals surface area contributed by atoms with Crippen LogP contribution in [-0.2, 0) is 27.9 Å². The summed E-state index contributed by atoms with van der Waals surface area (Å²) in [5.41, 5.74) is -2.44. The van der Waals surface area contributed by atoms with Crippen molar-refractivity contribution >= 4 is 32.6 Å². The van der Waals surface area contributed by atoms with Gasteiger partial charge in [-0.3, -0.25) is 4.79 Å². The predicted molar refractivity (Wildman–Crippen MR) is 113 cm³/mol. The zero-order chi connectivity index (χ0) is 25.1. The Balaban J connectivity index is 1.87. The van der Waals surface area contributed by atoms with Crippen LogP contribution in [0.3, 0.4) is 0 Å². The number of sulfone groups is 1. The van der Waals surface area contributed by atoms with E-state index in [1.54, 1.807) is 0 Å². The lowest BCUT2D eigenvalue weighted by Crippen LogP contribution is -2.33. The molecule has 3 heterocycles. The van der Waals surface area contributed by atoms with Gasteiger partial charge in [0.1, 0.15) is 16.6 Å². The maximum atomic E-state index is 13.0. The number of carbonyl (C=O) groups is 1. The van der Waals surface area contributed by atoms with Crippen LogP contribution in [0, 0.1) is 16.7 Å². The lowest BCUT2D eigenvalue weighted by Gasteiger charge is -2.21. The van der Waals surface area contributed by atoms with Gasteiger partial charge in [0.2, 0.25) is 5.91 Å². The van der Waals surface area contributed by atoms with Crippen LogP contribution in [0.4, 0.5) is 18.9 Å². The summed E-state index contributed by atoms with van der Waals surface area (Å²) in [5, 5.41) is 16.1. The molecular weight excluding hydrogens is 475 g/mol. The van der Waals surface area contributed by atoms with Crippen molar-refractivity contribution in [1.82, 2.24) is 24.7 Å². The average molecular weight is 493 g/mol. The summed E-state index contributed by atoms with van der Waals surface area (Å²) in [6, 6.07) is 3.97. The van der Waals surface area contributed by atoms with Crippen LogP contribution in [0.15, 0.2) is 23.2 Å². The standard InChI is InChI=1S/C20H18F3N7O3S/c1-4-34(32,33)13-7-11(29(2)18(31)19(10-24)5-6-19)9-25-15(13)17-26-12-8-14(20(21,22)23)27-28-16(12)30(17)3/h7-9H,4-6H2,1-3H3. The second-order valence-corrected chi connectivity index (χ2v) is 10.2. The van der Waals surface area contributed by atoms with Gasteiger partial charge in [-0.05, 0) is 18.9 Å². The van der Waals surface area contributed by atoms with Gasteiger partial charge in [-0.1, -0.05) is 6.92 Å². The Morgan fingerprint density at radius 3 is 2.53 bits per heavy atom. The van der Waals surface area contributed by atoms with Crippen LogP contribution in [0.1, 0.15) is 25.5 Å². The molecule has 10 nitrogen and oxygen atoms in total. The number of imidazole rings is 1. The summed E-state index contributed by atoms with van der Waals surface area (Å²) in [6.07, 6.45) is -2.64. The lowest BCUT2D eigenvalue weighted by atomic mass is 10.1. The number of aryl methyl sites for hydroxylation is 1. The Bertz CT molecular complexity index is 1470. The molecule has 4 rings (SSSR count). The number of aromatic nitrogens is 5. The third kappa shape index (κ3) is 3.75. The summed E-state index contributed by atoms with van der Waals surface area (Å²) in [4.78, 5) is 22.0. The largest absolute Gasteiger partial charge is 0.435 e. The Kier molecular flexibility index (Phi) is 5.35. The van der Waals surface area contributed by atoms with Gasteiger partial charge in [-0.25, -0.2) is 18.4 Å². The monoisotopic (exact) mass is 493 g/mol. The molecular formula is C20H18F3N7O3S. The highest BCUT2D eigenvalue weighted by molar-refractivity contribution is 7.91. The van der Waals surface area contributed by atoms with Gasteiger partial charge in [0.15, 0.2) is 27.0 Å². The molecule has 0 atom stereocenters. The average Bonchev–Trinajstić information content (AvgIpc) is 3.54. The number of halogens is 3. The number of fused-ring (bicyclic) bond motifs is 1. The van der Waals surface area contributed by atoms with Crippen molar-refractivity contribution in [2.24, 2.45) is 12.5 Å². The van der Waals surface area contributed by atoms with Crippen molar-refractivity contribution < 1.29 is 26.4 Å². The van der Waals surface area contributed by atoms with Crippen molar-refractivity contribution in [3.63, 3.8) is 0 Å². The Hall–Kier alpha value is -3.60. The van der Waals surface area contributed by atoms with E-state index in [1.165, 1.54) is 42.7 Å². The summed E-state index contributed by atoms with van der Waals surface area (Å²) in [5.74, 6) is -0.804. The topological polar surface area (TPSA) is 135 Å². The molecule has 0 aromatic carbocycles. The fourth-order valence-electron chi connectivity index (χ4n) is 3.45. The molecule has 1 amide bonds. The van der Waals surface area contributed by atoms with Crippen molar-refractivity contribution in [1.29, 1.82) is 5.26 Å². The Morgan fingerprint density at radius 2 is 1.97 bits per heavy atom. The molecule has 0 N–H and O–H groups in total. The number of nitriles is 1. The summed E-state index contributed by atoms with van der Waals surface area (Å²) in [6.45, 7) is 1.42. The highest BCUT2D eigenvalue weighted by atomic mass is 32.2. The van der Waals surface area contributed by atoms with Crippen LogP contribution in [0.2, 0.25) is 0 Å². The highest BCUT2D eigenvalue weighted by Gasteiger charge is 2.52. The number of nitrogens with zero attached hydrogens (tertiary/aromatic N) is 7. The van der Waals surface area contributed by atoms with Crippen LogP contribution in [0.5, 0.6) is 0 Å². The normalized spacial score (nSPS) is 15.2. The number of anilines is 1. The quantitative estimate of drug-likeness (QED) is 0.529. The minimum atomic E-state index is -4.73. The van der Waals surface area contributed by atoms with Gasteiger partial charge < -0.3 is 9.47 Å². The molecule has 178 valence electrons. The molecule has 0 radical (unpaired) electrons. The molecule has 3 aromatic rings. The molecule has 1 saturated carbocycles. The van der Waals surface area contributed by atoms with Crippen LogP contribution in [-0.4, -0.2) is 51.9 Å². The third-order valence-corrected chi connectivity index (χ3v) is 7.48. The van der Waals surface area contributed by atoms with Crippen LogP contribution >= 0.6 is 0 Å². The van der Waals surface area contributed by atoms with Gasteiger partial charge in [0.25, 0.3) is 0 Å². The highest BCUT2D eigenvalue weighted by Crippen LogP contribution is 2.47. The van der Waals surface area contributed by atoms with Gasteiger partial charge in [-0.2, -0.15) is 18.4 Å².